The van der Waals surface area contributed by atoms with E-state index in [0.717, 1.165) is 5.56 Å². The lowest BCUT2D eigenvalue weighted by molar-refractivity contribution is 0.103. The molecule has 0 heterocycles. The fourth-order valence-corrected chi connectivity index (χ4v) is 1.89. The number of carbonyl (C=O) groups excluding carboxylic acids is 1. The molecule has 2 aromatic rings. The predicted octanol–water partition coefficient (Wildman–Crippen LogP) is 2.88. The summed E-state index contributed by atoms with van der Waals surface area (Å²) in [5.41, 5.74) is 8.40. The van der Waals surface area contributed by atoms with Crippen LogP contribution in [0.2, 0.25) is 0 Å². The van der Waals surface area contributed by atoms with E-state index in [-0.39, 0.29) is 10.9 Å². The molecule has 0 aliphatic heterocycles. The van der Waals surface area contributed by atoms with Crippen LogP contribution in [0.1, 0.15) is 21.5 Å². The fraction of sp³-hybridized carbons (Fsp3) is 0.0667. The van der Waals surface area contributed by atoms with Gasteiger partial charge in [-0.3, -0.25) is 4.79 Å². The molecule has 0 spiro atoms. The zero-order valence-electron chi connectivity index (χ0n) is 10.5. The number of hydrogen-bond donors (Lipinski definition) is 2. The summed E-state index contributed by atoms with van der Waals surface area (Å²) >= 11 is 4.81. The van der Waals surface area contributed by atoms with Crippen LogP contribution in [-0.2, 0) is 0 Å². The molecule has 0 bridgehead atoms. The van der Waals surface area contributed by atoms with Gasteiger partial charge in [0.2, 0.25) is 0 Å². The van der Waals surface area contributed by atoms with Gasteiger partial charge in [0, 0.05) is 11.1 Å². The molecule has 0 aliphatic carbocycles. The highest BCUT2D eigenvalue weighted by molar-refractivity contribution is 7.80. The minimum absolute atomic E-state index is 0.0562. The van der Waals surface area contributed by atoms with E-state index in [0.29, 0.717) is 16.8 Å². The van der Waals surface area contributed by atoms with E-state index in [1.165, 1.54) is 0 Å². The first-order chi connectivity index (χ1) is 9.08. The standard InChI is InChI=1S/C15H14N2OS/c1-10-6-8-11(9-7-10)14(18)12-4-2-3-5-13(12)17-15(16)19/h2-9H,1H3,(H3,16,17,19). The molecule has 96 valence electrons. The van der Waals surface area contributed by atoms with Crippen molar-refractivity contribution in [3.8, 4) is 0 Å². The molecule has 0 radical (unpaired) electrons. The number of thiocarbonyl (C=S) groups is 1. The van der Waals surface area contributed by atoms with Crippen molar-refractivity contribution in [3.05, 3.63) is 65.2 Å². The van der Waals surface area contributed by atoms with Crippen molar-refractivity contribution in [2.24, 2.45) is 5.73 Å². The molecule has 2 aromatic carbocycles. The Morgan fingerprint density at radius 2 is 1.74 bits per heavy atom. The highest BCUT2D eigenvalue weighted by atomic mass is 32.1. The fourth-order valence-electron chi connectivity index (χ4n) is 1.78. The average molecular weight is 270 g/mol. The highest BCUT2D eigenvalue weighted by Gasteiger charge is 2.13. The van der Waals surface area contributed by atoms with Crippen LogP contribution >= 0.6 is 12.2 Å². The largest absolute Gasteiger partial charge is 0.376 e. The second-order valence-corrected chi connectivity index (χ2v) is 4.67. The van der Waals surface area contributed by atoms with Gasteiger partial charge >= 0.3 is 0 Å². The van der Waals surface area contributed by atoms with Crippen LogP contribution in [-0.4, -0.2) is 10.9 Å². The van der Waals surface area contributed by atoms with Crippen molar-refractivity contribution in [2.75, 3.05) is 5.32 Å². The molecule has 0 saturated heterocycles. The van der Waals surface area contributed by atoms with Crippen LogP contribution in [0.4, 0.5) is 5.69 Å². The maximum Gasteiger partial charge on any atom is 0.195 e. The van der Waals surface area contributed by atoms with Gasteiger partial charge in [-0.05, 0) is 31.3 Å². The van der Waals surface area contributed by atoms with Crippen LogP contribution in [0.3, 0.4) is 0 Å². The van der Waals surface area contributed by atoms with Crippen LogP contribution in [0.15, 0.2) is 48.5 Å². The number of nitrogens with two attached hydrogens (primary N) is 1. The predicted molar refractivity (Wildman–Crippen MR) is 81.5 cm³/mol. The van der Waals surface area contributed by atoms with Crippen molar-refractivity contribution >= 4 is 28.8 Å². The Morgan fingerprint density at radius 1 is 1.11 bits per heavy atom. The van der Waals surface area contributed by atoms with Gasteiger partial charge in [-0.1, -0.05) is 42.0 Å². The smallest absolute Gasteiger partial charge is 0.195 e. The molecule has 0 aliphatic rings. The Labute approximate surface area is 117 Å². The summed E-state index contributed by atoms with van der Waals surface area (Å²) in [6.07, 6.45) is 0. The van der Waals surface area contributed by atoms with Crippen molar-refractivity contribution < 1.29 is 4.79 Å². The van der Waals surface area contributed by atoms with E-state index in [4.69, 9.17) is 18.0 Å². The monoisotopic (exact) mass is 270 g/mol. The van der Waals surface area contributed by atoms with Crippen molar-refractivity contribution in [2.45, 2.75) is 6.92 Å². The number of hydrogen-bond acceptors (Lipinski definition) is 2. The molecular weight excluding hydrogens is 256 g/mol. The zero-order valence-corrected chi connectivity index (χ0v) is 11.3. The molecule has 19 heavy (non-hydrogen) atoms. The number of para-hydroxylation sites is 1. The molecule has 2 rings (SSSR count). The number of ketones is 1. The maximum absolute atomic E-state index is 12.4. The Hall–Kier alpha value is -2.20. The normalized spacial score (nSPS) is 9.95. The third-order valence-corrected chi connectivity index (χ3v) is 2.85. The minimum Gasteiger partial charge on any atom is -0.376 e. The number of aryl methyl sites for hydroxylation is 1. The molecule has 4 heteroatoms. The van der Waals surface area contributed by atoms with Crippen molar-refractivity contribution in [1.29, 1.82) is 0 Å². The van der Waals surface area contributed by atoms with E-state index >= 15 is 0 Å². The number of rotatable bonds is 3. The lowest BCUT2D eigenvalue weighted by Gasteiger charge is -2.10. The van der Waals surface area contributed by atoms with E-state index in [2.05, 4.69) is 5.32 Å². The summed E-state index contributed by atoms with van der Waals surface area (Å²) in [7, 11) is 0. The molecule has 0 aromatic heterocycles. The summed E-state index contributed by atoms with van der Waals surface area (Å²) in [6, 6.07) is 14.6. The first-order valence-electron chi connectivity index (χ1n) is 5.85. The maximum atomic E-state index is 12.4. The van der Waals surface area contributed by atoms with E-state index in [1.54, 1.807) is 12.1 Å². The average Bonchev–Trinajstić information content (AvgIpc) is 2.39. The highest BCUT2D eigenvalue weighted by Crippen LogP contribution is 2.19. The molecule has 0 atom stereocenters. The second-order valence-electron chi connectivity index (χ2n) is 4.23. The van der Waals surface area contributed by atoms with Gasteiger partial charge in [0.1, 0.15) is 0 Å². The quantitative estimate of drug-likeness (QED) is 0.665. The molecule has 0 fully saturated rings. The Kier molecular flexibility index (Phi) is 3.92. The Balaban J connectivity index is 2.38. The first kappa shape index (κ1) is 13.2. The topological polar surface area (TPSA) is 55.1 Å². The SMILES string of the molecule is Cc1ccc(C(=O)c2ccccc2NC(N)=S)cc1. The third kappa shape index (κ3) is 3.17. The Bertz CT molecular complexity index is 620. The van der Waals surface area contributed by atoms with Gasteiger partial charge in [-0.25, -0.2) is 0 Å². The molecule has 3 nitrogen and oxygen atoms in total. The van der Waals surface area contributed by atoms with Crippen LogP contribution in [0, 0.1) is 6.92 Å². The minimum atomic E-state index is -0.0562. The number of benzene rings is 2. The van der Waals surface area contributed by atoms with Crippen molar-refractivity contribution in [3.63, 3.8) is 0 Å². The van der Waals surface area contributed by atoms with Gasteiger partial charge in [0.15, 0.2) is 10.9 Å². The lowest BCUT2D eigenvalue weighted by Crippen LogP contribution is -2.20. The summed E-state index contributed by atoms with van der Waals surface area (Å²) in [4.78, 5) is 12.4. The van der Waals surface area contributed by atoms with Gasteiger partial charge < -0.3 is 11.1 Å². The zero-order chi connectivity index (χ0) is 13.8. The molecule has 3 N–H and O–H groups in total. The summed E-state index contributed by atoms with van der Waals surface area (Å²) < 4.78 is 0. The number of nitrogens with one attached hydrogen (secondary N) is 1. The lowest BCUT2D eigenvalue weighted by atomic mass is 10.0. The molecular formula is C15H14N2OS. The first-order valence-corrected chi connectivity index (χ1v) is 6.25. The van der Waals surface area contributed by atoms with Gasteiger partial charge in [0.25, 0.3) is 0 Å². The van der Waals surface area contributed by atoms with Gasteiger partial charge in [-0.15, -0.1) is 0 Å². The van der Waals surface area contributed by atoms with E-state index < -0.39 is 0 Å². The summed E-state index contributed by atoms with van der Waals surface area (Å²) in [5.74, 6) is -0.0562. The van der Waals surface area contributed by atoms with Gasteiger partial charge in [-0.2, -0.15) is 0 Å². The summed E-state index contributed by atoms with van der Waals surface area (Å²) in [5, 5.41) is 2.97. The van der Waals surface area contributed by atoms with Gasteiger partial charge in [0.05, 0.1) is 5.69 Å². The van der Waals surface area contributed by atoms with E-state index in [1.807, 2.05) is 43.3 Å². The van der Waals surface area contributed by atoms with Crippen LogP contribution in [0.25, 0.3) is 0 Å². The summed E-state index contributed by atoms with van der Waals surface area (Å²) in [6.45, 7) is 1.98. The molecule has 0 saturated carbocycles. The van der Waals surface area contributed by atoms with Crippen molar-refractivity contribution in [1.82, 2.24) is 0 Å². The number of carbonyl (C=O) groups is 1. The number of anilines is 1. The second kappa shape index (κ2) is 5.63. The third-order valence-electron chi connectivity index (χ3n) is 2.74. The molecule has 0 amide bonds. The van der Waals surface area contributed by atoms with E-state index in [9.17, 15) is 4.79 Å². The molecule has 0 unspecified atom stereocenters. The van der Waals surface area contributed by atoms with Crippen LogP contribution in [0.5, 0.6) is 0 Å². The Morgan fingerprint density at radius 3 is 2.37 bits per heavy atom. The van der Waals surface area contributed by atoms with Crippen LogP contribution < -0.4 is 11.1 Å².